The molecule has 0 radical (unpaired) electrons. The largest absolute Gasteiger partial charge is 0.397 e. The number of halogens is 1. The first-order valence-corrected chi connectivity index (χ1v) is 7.37. The second-order valence-corrected chi connectivity index (χ2v) is 5.67. The molecule has 1 amide bonds. The SMILES string of the molecule is Cn1ccnc1SCCC(=O)Nc1ccc(Cl)c(N)c1. The van der Waals surface area contributed by atoms with Gasteiger partial charge in [-0.3, -0.25) is 4.79 Å². The number of carbonyl (C=O) groups excluding carboxylic acids is 1. The third-order valence-corrected chi connectivity index (χ3v) is 4.02. The van der Waals surface area contributed by atoms with Crippen LogP contribution in [-0.2, 0) is 11.8 Å². The molecule has 2 rings (SSSR count). The second-order valence-electron chi connectivity index (χ2n) is 4.20. The Morgan fingerprint density at radius 2 is 2.35 bits per heavy atom. The van der Waals surface area contributed by atoms with E-state index in [0.717, 1.165) is 5.16 Å². The summed E-state index contributed by atoms with van der Waals surface area (Å²) in [6, 6.07) is 5.03. The average Bonchev–Trinajstić information content (AvgIpc) is 2.80. The van der Waals surface area contributed by atoms with Gasteiger partial charge in [0.15, 0.2) is 5.16 Å². The molecule has 0 saturated carbocycles. The molecule has 5 nitrogen and oxygen atoms in total. The van der Waals surface area contributed by atoms with Gasteiger partial charge < -0.3 is 15.6 Å². The van der Waals surface area contributed by atoms with Gasteiger partial charge in [0.2, 0.25) is 5.91 Å². The van der Waals surface area contributed by atoms with Gasteiger partial charge in [-0.05, 0) is 18.2 Å². The first kappa shape index (κ1) is 14.7. The van der Waals surface area contributed by atoms with E-state index in [2.05, 4.69) is 10.3 Å². The fraction of sp³-hybridized carbons (Fsp3) is 0.231. The van der Waals surface area contributed by atoms with E-state index in [1.165, 1.54) is 0 Å². The number of hydrogen-bond acceptors (Lipinski definition) is 4. The van der Waals surface area contributed by atoms with Crippen molar-refractivity contribution < 1.29 is 4.79 Å². The van der Waals surface area contributed by atoms with Gasteiger partial charge in [0, 0.05) is 37.3 Å². The molecular weight excluding hydrogens is 296 g/mol. The van der Waals surface area contributed by atoms with Crippen LogP contribution < -0.4 is 11.1 Å². The van der Waals surface area contributed by atoms with Crippen LogP contribution in [0.15, 0.2) is 35.7 Å². The average molecular weight is 311 g/mol. The van der Waals surface area contributed by atoms with E-state index >= 15 is 0 Å². The van der Waals surface area contributed by atoms with Gasteiger partial charge in [-0.25, -0.2) is 4.98 Å². The summed E-state index contributed by atoms with van der Waals surface area (Å²) in [4.78, 5) is 16.0. The molecule has 1 aromatic carbocycles. The predicted molar refractivity (Wildman–Crippen MR) is 83.0 cm³/mol. The predicted octanol–water partition coefficient (Wildman–Crippen LogP) is 2.78. The fourth-order valence-corrected chi connectivity index (χ4v) is 2.56. The van der Waals surface area contributed by atoms with Gasteiger partial charge in [0.25, 0.3) is 0 Å². The molecule has 106 valence electrons. The minimum Gasteiger partial charge on any atom is -0.397 e. The Morgan fingerprint density at radius 3 is 3.00 bits per heavy atom. The molecule has 20 heavy (non-hydrogen) atoms. The molecule has 0 fully saturated rings. The number of nitrogens with one attached hydrogen (secondary N) is 1. The summed E-state index contributed by atoms with van der Waals surface area (Å²) < 4.78 is 1.92. The first-order valence-electron chi connectivity index (χ1n) is 6.01. The Balaban J connectivity index is 1.80. The van der Waals surface area contributed by atoms with Crippen LogP contribution in [0, 0.1) is 0 Å². The zero-order chi connectivity index (χ0) is 14.5. The summed E-state index contributed by atoms with van der Waals surface area (Å²) in [6.45, 7) is 0. The van der Waals surface area contributed by atoms with Crippen molar-refractivity contribution in [2.24, 2.45) is 7.05 Å². The van der Waals surface area contributed by atoms with E-state index < -0.39 is 0 Å². The molecule has 0 aliphatic rings. The smallest absolute Gasteiger partial charge is 0.225 e. The molecule has 0 bridgehead atoms. The molecule has 0 unspecified atom stereocenters. The maximum absolute atomic E-state index is 11.8. The van der Waals surface area contributed by atoms with Crippen LogP contribution in [0.4, 0.5) is 11.4 Å². The van der Waals surface area contributed by atoms with Crippen molar-refractivity contribution in [3.63, 3.8) is 0 Å². The van der Waals surface area contributed by atoms with Crippen LogP contribution in [0.3, 0.4) is 0 Å². The zero-order valence-electron chi connectivity index (χ0n) is 11.0. The number of carbonyl (C=O) groups is 1. The highest BCUT2D eigenvalue weighted by atomic mass is 35.5. The van der Waals surface area contributed by atoms with Crippen LogP contribution in [0.25, 0.3) is 0 Å². The third-order valence-electron chi connectivity index (χ3n) is 2.62. The van der Waals surface area contributed by atoms with Gasteiger partial charge in [0.05, 0.1) is 10.7 Å². The molecule has 0 aliphatic heterocycles. The van der Waals surface area contributed by atoms with E-state index in [1.807, 2.05) is 17.8 Å². The van der Waals surface area contributed by atoms with Crippen LogP contribution in [0.1, 0.15) is 6.42 Å². The Kier molecular flexibility index (Phi) is 4.92. The number of nitrogens with two attached hydrogens (primary N) is 1. The standard InChI is InChI=1S/C13H15ClN4OS/c1-18-6-5-16-13(18)20-7-4-12(19)17-9-2-3-10(14)11(15)8-9/h2-3,5-6,8H,4,7,15H2,1H3,(H,17,19). The van der Waals surface area contributed by atoms with Gasteiger partial charge in [0.1, 0.15) is 0 Å². The van der Waals surface area contributed by atoms with E-state index in [-0.39, 0.29) is 5.91 Å². The van der Waals surface area contributed by atoms with Crippen LogP contribution in [0.2, 0.25) is 5.02 Å². The summed E-state index contributed by atoms with van der Waals surface area (Å²) in [7, 11) is 1.92. The normalized spacial score (nSPS) is 10.5. The van der Waals surface area contributed by atoms with Crippen molar-refractivity contribution in [1.82, 2.24) is 9.55 Å². The quantitative estimate of drug-likeness (QED) is 0.658. The second kappa shape index (κ2) is 6.67. The first-order chi connectivity index (χ1) is 9.56. The van der Waals surface area contributed by atoms with Crippen LogP contribution in [-0.4, -0.2) is 21.2 Å². The Morgan fingerprint density at radius 1 is 1.55 bits per heavy atom. The Hall–Kier alpha value is -1.66. The lowest BCUT2D eigenvalue weighted by atomic mass is 10.2. The molecule has 1 aromatic heterocycles. The number of anilines is 2. The summed E-state index contributed by atoms with van der Waals surface area (Å²) in [6.07, 6.45) is 4.01. The van der Waals surface area contributed by atoms with Crippen LogP contribution in [0.5, 0.6) is 0 Å². The summed E-state index contributed by atoms with van der Waals surface area (Å²) in [5.41, 5.74) is 6.78. The lowest BCUT2D eigenvalue weighted by molar-refractivity contribution is -0.115. The van der Waals surface area contributed by atoms with Gasteiger partial charge in [-0.1, -0.05) is 23.4 Å². The fourth-order valence-electron chi connectivity index (χ4n) is 1.57. The third kappa shape index (κ3) is 3.91. The molecule has 0 spiro atoms. The van der Waals surface area contributed by atoms with Crippen molar-refractivity contribution in [1.29, 1.82) is 0 Å². The van der Waals surface area contributed by atoms with Crippen molar-refractivity contribution in [2.45, 2.75) is 11.6 Å². The Bertz CT molecular complexity index is 614. The molecule has 3 N–H and O–H groups in total. The molecule has 7 heteroatoms. The number of rotatable bonds is 5. The van der Waals surface area contributed by atoms with Crippen molar-refractivity contribution in [3.8, 4) is 0 Å². The number of aryl methyl sites for hydroxylation is 1. The highest BCUT2D eigenvalue weighted by Gasteiger charge is 2.06. The summed E-state index contributed by atoms with van der Waals surface area (Å²) >= 11 is 7.37. The molecule has 0 aliphatic carbocycles. The highest BCUT2D eigenvalue weighted by Crippen LogP contribution is 2.22. The number of aromatic nitrogens is 2. The maximum Gasteiger partial charge on any atom is 0.225 e. The minimum absolute atomic E-state index is 0.0616. The summed E-state index contributed by atoms with van der Waals surface area (Å²) in [5.74, 6) is 0.605. The van der Waals surface area contributed by atoms with Crippen molar-refractivity contribution in [3.05, 3.63) is 35.6 Å². The van der Waals surface area contributed by atoms with E-state index in [0.29, 0.717) is 28.6 Å². The number of nitrogens with zero attached hydrogens (tertiary/aromatic N) is 2. The number of nitrogen functional groups attached to an aromatic ring is 1. The van der Waals surface area contributed by atoms with Gasteiger partial charge in [-0.2, -0.15) is 0 Å². The molecule has 0 atom stereocenters. The van der Waals surface area contributed by atoms with Crippen molar-refractivity contribution in [2.75, 3.05) is 16.8 Å². The highest BCUT2D eigenvalue weighted by molar-refractivity contribution is 7.99. The number of benzene rings is 1. The lowest BCUT2D eigenvalue weighted by Gasteiger charge is -2.07. The number of thioether (sulfide) groups is 1. The number of hydrogen-bond donors (Lipinski definition) is 2. The lowest BCUT2D eigenvalue weighted by Crippen LogP contribution is -2.12. The van der Waals surface area contributed by atoms with E-state index in [4.69, 9.17) is 17.3 Å². The van der Waals surface area contributed by atoms with E-state index in [9.17, 15) is 4.79 Å². The topological polar surface area (TPSA) is 72.9 Å². The monoisotopic (exact) mass is 310 g/mol. The molecule has 0 saturated heterocycles. The van der Waals surface area contributed by atoms with Gasteiger partial charge >= 0.3 is 0 Å². The summed E-state index contributed by atoms with van der Waals surface area (Å²) in [5, 5.41) is 4.16. The minimum atomic E-state index is -0.0616. The van der Waals surface area contributed by atoms with Crippen LogP contribution >= 0.6 is 23.4 Å². The molecular formula is C13H15ClN4OS. The van der Waals surface area contributed by atoms with Gasteiger partial charge in [-0.15, -0.1) is 0 Å². The van der Waals surface area contributed by atoms with E-state index in [1.54, 1.807) is 36.2 Å². The van der Waals surface area contributed by atoms with Crippen molar-refractivity contribution >= 4 is 40.6 Å². The Labute approximate surface area is 126 Å². The number of imidazole rings is 1. The molecule has 1 heterocycles. The molecule has 2 aromatic rings. The zero-order valence-corrected chi connectivity index (χ0v) is 12.5. The maximum atomic E-state index is 11.8. The number of amides is 1.